The molecule has 3 aromatic heterocycles. The first kappa shape index (κ1) is 32.2. The summed E-state index contributed by atoms with van der Waals surface area (Å²) in [5, 5.41) is 15.7. The number of aromatic nitrogens is 4. The van der Waals surface area contributed by atoms with Gasteiger partial charge in [0.15, 0.2) is 0 Å². The number of carboxylic acid groups (broad SMARTS) is 1. The molecule has 0 aliphatic heterocycles. The van der Waals surface area contributed by atoms with Gasteiger partial charge in [0.25, 0.3) is 0 Å². The molecule has 236 valence electrons. The van der Waals surface area contributed by atoms with Crippen LogP contribution in [-0.2, 0) is 31.4 Å². The number of ether oxygens (including phenoxy) is 2. The van der Waals surface area contributed by atoms with Crippen LogP contribution < -0.4 is 9.47 Å². The Hall–Kier alpha value is -4.24. The van der Waals surface area contributed by atoms with Crippen molar-refractivity contribution >= 4 is 28.6 Å². The first-order valence-electron chi connectivity index (χ1n) is 15.0. The summed E-state index contributed by atoms with van der Waals surface area (Å²) in [6.45, 7) is 13.1. The molecule has 0 radical (unpaired) electrons. The van der Waals surface area contributed by atoms with Crippen molar-refractivity contribution < 1.29 is 19.4 Å². The fourth-order valence-corrected chi connectivity index (χ4v) is 6.42. The molecule has 1 N–H and O–H groups in total. The van der Waals surface area contributed by atoms with E-state index in [4.69, 9.17) is 9.47 Å². The molecule has 5 aromatic rings. The molecule has 8 nitrogen and oxygen atoms in total. The molecule has 0 spiro atoms. The molecule has 9 heteroatoms. The minimum atomic E-state index is -0.958. The fourth-order valence-electron chi connectivity index (χ4n) is 5.24. The van der Waals surface area contributed by atoms with Crippen molar-refractivity contribution in [3.63, 3.8) is 0 Å². The van der Waals surface area contributed by atoms with Crippen molar-refractivity contribution in [1.29, 1.82) is 0 Å². The van der Waals surface area contributed by atoms with E-state index in [9.17, 15) is 9.90 Å². The van der Waals surface area contributed by atoms with Crippen LogP contribution in [0.5, 0.6) is 11.6 Å². The molecule has 0 fully saturated rings. The standard InChI is InChI=1S/C36H42N4O4S/c1-23-17-27(38-39(23)7)22-44-28-14-15-30-29(18-28)33(45-35(2,3)4)31(19-36(5,6)34(41)42)40(30)21-24-9-11-25(12-10-24)26-13-16-32(43-8)37-20-26/h9-18,20H,19,21-22H2,1-8H3,(H,41,42). The SMILES string of the molecule is COc1ccc(-c2ccc(Cn3c(CC(C)(C)C(=O)O)c(SC(C)(C)C)c4cc(OCc5cc(C)n(C)n5)ccc43)cc2)cn1. The number of nitrogens with zero attached hydrogens (tertiary/aromatic N) is 4. The van der Waals surface area contributed by atoms with E-state index in [2.05, 4.69) is 71.8 Å². The Bertz CT molecular complexity index is 1790. The minimum absolute atomic E-state index is 0.0996. The zero-order chi connectivity index (χ0) is 32.5. The second kappa shape index (κ2) is 12.6. The summed E-state index contributed by atoms with van der Waals surface area (Å²) in [6, 6.07) is 20.5. The number of carboxylic acids is 1. The number of methoxy groups -OCH3 is 1. The molecular formula is C36H42N4O4S. The van der Waals surface area contributed by atoms with Crippen LogP contribution in [-0.4, -0.2) is 42.3 Å². The monoisotopic (exact) mass is 626 g/mol. The van der Waals surface area contributed by atoms with Crippen LogP contribution in [0.1, 0.15) is 57.3 Å². The number of rotatable bonds is 11. The second-order valence-corrected chi connectivity index (χ2v) is 14.9. The maximum Gasteiger partial charge on any atom is 0.309 e. The van der Waals surface area contributed by atoms with Crippen LogP contribution in [0, 0.1) is 12.3 Å². The number of aryl methyl sites for hydroxylation is 2. The number of aliphatic carboxylic acids is 1. The van der Waals surface area contributed by atoms with Gasteiger partial charge in [0, 0.05) is 69.8 Å². The van der Waals surface area contributed by atoms with Gasteiger partial charge >= 0.3 is 5.97 Å². The van der Waals surface area contributed by atoms with E-state index in [1.54, 1.807) is 32.7 Å². The van der Waals surface area contributed by atoms with Crippen LogP contribution >= 0.6 is 11.8 Å². The lowest BCUT2D eigenvalue weighted by Crippen LogP contribution is -2.28. The lowest BCUT2D eigenvalue weighted by molar-refractivity contribution is -0.146. The highest BCUT2D eigenvalue weighted by Gasteiger charge is 2.33. The Kier molecular flexibility index (Phi) is 9.03. The predicted octanol–water partition coefficient (Wildman–Crippen LogP) is 7.93. The van der Waals surface area contributed by atoms with Crippen LogP contribution in [0.4, 0.5) is 0 Å². The summed E-state index contributed by atoms with van der Waals surface area (Å²) in [7, 11) is 3.53. The lowest BCUT2D eigenvalue weighted by atomic mass is 9.88. The van der Waals surface area contributed by atoms with Gasteiger partial charge in [-0.2, -0.15) is 5.10 Å². The molecule has 45 heavy (non-hydrogen) atoms. The zero-order valence-electron chi connectivity index (χ0n) is 27.3. The van der Waals surface area contributed by atoms with Crippen molar-refractivity contribution in [2.24, 2.45) is 12.5 Å². The summed E-state index contributed by atoms with van der Waals surface area (Å²) in [5.41, 5.74) is 6.23. The maximum atomic E-state index is 12.4. The van der Waals surface area contributed by atoms with E-state index < -0.39 is 11.4 Å². The van der Waals surface area contributed by atoms with E-state index in [-0.39, 0.29) is 4.75 Å². The quantitative estimate of drug-likeness (QED) is 0.149. The van der Waals surface area contributed by atoms with Crippen LogP contribution in [0.15, 0.2) is 71.8 Å². The molecule has 0 saturated carbocycles. The number of fused-ring (bicyclic) bond motifs is 1. The van der Waals surface area contributed by atoms with Crippen LogP contribution in [0.2, 0.25) is 0 Å². The smallest absolute Gasteiger partial charge is 0.309 e. The lowest BCUT2D eigenvalue weighted by Gasteiger charge is -2.24. The predicted molar refractivity (Wildman–Crippen MR) is 180 cm³/mol. The number of carbonyl (C=O) groups is 1. The molecule has 0 aliphatic rings. The van der Waals surface area contributed by atoms with Crippen molar-refractivity contribution in [2.45, 2.75) is 70.8 Å². The van der Waals surface area contributed by atoms with E-state index in [1.165, 1.54) is 0 Å². The first-order valence-corrected chi connectivity index (χ1v) is 15.8. The Morgan fingerprint density at radius 1 is 0.978 bits per heavy atom. The van der Waals surface area contributed by atoms with E-state index >= 15 is 0 Å². The van der Waals surface area contributed by atoms with Gasteiger partial charge in [-0.25, -0.2) is 4.98 Å². The third-order valence-corrected chi connectivity index (χ3v) is 9.08. The molecule has 0 unspecified atom stereocenters. The average Bonchev–Trinajstić information content (AvgIpc) is 3.45. The van der Waals surface area contributed by atoms with Gasteiger partial charge in [-0.15, -0.1) is 11.8 Å². The number of hydrogen-bond acceptors (Lipinski definition) is 6. The van der Waals surface area contributed by atoms with Gasteiger partial charge in [0.05, 0.1) is 12.5 Å². The van der Waals surface area contributed by atoms with Gasteiger partial charge in [0.1, 0.15) is 18.1 Å². The summed E-state index contributed by atoms with van der Waals surface area (Å²) in [6.07, 6.45) is 2.19. The largest absolute Gasteiger partial charge is 0.487 e. The van der Waals surface area contributed by atoms with Gasteiger partial charge in [0.2, 0.25) is 5.88 Å². The molecule has 0 aliphatic carbocycles. The molecule has 0 saturated heterocycles. The van der Waals surface area contributed by atoms with Gasteiger partial charge in [-0.05, 0) is 62.2 Å². The van der Waals surface area contributed by atoms with Crippen molar-refractivity contribution in [2.75, 3.05) is 7.11 Å². The Morgan fingerprint density at radius 2 is 1.69 bits per heavy atom. The minimum Gasteiger partial charge on any atom is -0.487 e. The second-order valence-electron chi connectivity index (χ2n) is 13.1. The first-order chi connectivity index (χ1) is 21.2. The van der Waals surface area contributed by atoms with Gasteiger partial charge < -0.3 is 19.1 Å². The normalized spacial score (nSPS) is 12.1. The van der Waals surface area contributed by atoms with E-state index in [1.807, 2.05) is 49.1 Å². The van der Waals surface area contributed by atoms with Gasteiger partial charge in [-0.1, -0.05) is 45.0 Å². The fraction of sp³-hybridized carbons (Fsp3) is 0.361. The number of thioether (sulfide) groups is 1. The maximum absolute atomic E-state index is 12.4. The summed E-state index contributed by atoms with van der Waals surface area (Å²) < 4.78 is 15.5. The van der Waals surface area contributed by atoms with Crippen LogP contribution in [0.3, 0.4) is 0 Å². The van der Waals surface area contributed by atoms with E-state index in [0.29, 0.717) is 25.5 Å². The topological polar surface area (TPSA) is 91.4 Å². The molecule has 5 rings (SSSR count). The van der Waals surface area contributed by atoms with E-state index in [0.717, 1.165) is 55.3 Å². The molecule has 2 aromatic carbocycles. The van der Waals surface area contributed by atoms with Crippen molar-refractivity contribution in [1.82, 2.24) is 19.3 Å². The highest BCUT2D eigenvalue weighted by atomic mass is 32.2. The number of pyridine rings is 1. The molecule has 3 heterocycles. The highest BCUT2D eigenvalue weighted by molar-refractivity contribution is 8.00. The number of hydrogen-bond donors (Lipinski definition) is 1. The molecular weight excluding hydrogens is 584 g/mol. The van der Waals surface area contributed by atoms with Crippen molar-refractivity contribution in [3.05, 3.63) is 89.5 Å². The summed E-state index contributed by atoms with van der Waals surface area (Å²) in [5.74, 6) is 0.509. The van der Waals surface area contributed by atoms with Crippen molar-refractivity contribution in [3.8, 4) is 22.8 Å². The number of benzene rings is 2. The Morgan fingerprint density at radius 3 is 2.27 bits per heavy atom. The average molecular weight is 627 g/mol. The molecule has 0 atom stereocenters. The zero-order valence-corrected chi connectivity index (χ0v) is 28.2. The third-order valence-electron chi connectivity index (χ3n) is 7.81. The highest BCUT2D eigenvalue weighted by Crippen LogP contribution is 2.44. The molecule has 0 amide bonds. The Balaban J connectivity index is 1.56. The third kappa shape index (κ3) is 7.36. The summed E-state index contributed by atoms with van der Waals surface area (Å²) >= 11 is 1.77. The summed E-state index contributed by atoms with van der Waals surface area (Å²) in [4.78, 5) is 17.8. The van der Waals surface area contributed by atoms with Crippen LogP contribution in [0.25, 0.3) is 22.0 Å². The van der Waals surface area contributed by atoms with Gasteiger partial charge in [-0.3, -0.25) is 9.48 Å². The Labute approximate surface area is 269 Å². The molecule has 0 bridgehead atoms.